The fourth-order valence-electron chi connectivity index (χ4n) is 3.39. The van der Waals surface area contributed by atoms with Gasteiger partial charge in [-0.15, -0.1) is 0 Å². The maximum absolute atomic E-state index is 4.67. The first-order valence-corrected chi connectivity index (χ1v) is 9.20. The van der Waals surface area contributed by atoms with Crippen molar-refractivity contribution in [1.82, 2.24) is 15.0 Å². The number of benzene rings is 1. The normalized spacial score (nSPS) is 13.2. The monoisotopic (exact) mass is 360 g/mol. The molecule has 4 rings (SSSR count). The van der Waals surface area contributed by atoms with Crippen LogP contribution in [0.2, 0.25) is 0 Å². The standard InChI is InChI=1S/C21H24N6/c1-26(2)19-9-12-23-21(25-19)24-14-17-8-5-11-22-20(17)27-13-10-16-6-3-4-7-18(16)15-27/h3-9,11-12H,10,13-15H2,1-2H3,(H,23,24,25). The summed E-state index contributed by atoms with van der Waals surface area (Å²) >= 11 is 0. The van der Waals surface area contributed by atoms with E-state index in [-0.39, 0.29) is 0 Å². The van der Waals surface area contributed by atoms with Crippen molar-refractivity contribution in [1.29, 1.82) is 0 Å². The molecule has 0 saturated heterocycles. The third-order valence-electron chi connectivity index (χ3n) is 4.83. The lowest BCUT2D eigenvalue weighted by molar-refractivity contribution is 0.716. The number of hydrogen-bond donors (Lipinski definition) is 1. The highest BCUT2D eigenvalue weighted by Crippen LogP contribution is 2.26. The van der Waals surface area contributed by atoms with Crippen molar-refractivity contribution in [2.24, 2.45) is 0 Å². The van der Waals surface area contributed by atoms with Gasteiger partial charge in [0.2, 0.25) is 5.95 Å². The molecule has 1 aliphatic heterocycles. The molecule has 0 saturated carbocycles. The number of nitrogens with zero attached hydrogens (tertiary/aromatic N) is 5. The average Bonchev–Trinajstić information content (AvgIpc) is 2.72. The first-order chi connectivity index (χ1) is 13.2. The number of anilines is 3. The Bertz CT molecular complexity index is 924. The Morgan fingerprint density at radius 1 is 1.00 bits per heavy atom. The van der Waals surface area contributed by atoms with Crippen molar-refractivity contribution < 1.29 is 0 Å². The second-order valence-electron chi connectivity index (χ2n) is 6.91. The van der Waals surface area contributed by atoms with Gasteiger partial charge >= 0.3 is 0 Å². The molecule has 0 radical (unpaired) electrons. The number of nitrogens with one attached hydrogen (secondary N) is 1. The van der Waals surface area contributed by atoms with E-state index in [9.17, 15) is 0 Å². The van der Waals surface area contributed by atoms with Gasteiger partial charge < -0.3 is 15.1 Å². The van der Waals surface area contributed by atoms with E-state index in [1.165, 1.54) is 11.1 Å². The molecule has 0 atom stereocenters. The smallest absolute Gasteiger partial charge is 0.224 e. The largest absolute Gasteiger partial charge is 0.363 e. The van der Waals surface area contributed by atoms with E-state index in [4.69, 9.17) is 0 Å². The predicted molar refractivity (Wildman–Crippen MR) is 109 cm³/mol. The molecule has 138 valence electrons. The van der Waals surface area contributed by atoms with Gasteiger partial charge in [-0.2, -0.15) is 4.98 Å². The van der Waals surface area contributed by atoms with E-state index in [1.807, 2.05) is 37.3 Å². The second kappa shape index (κ2) is 7.61. The molecule has 0 spiro atoms. The molecule has 0 unspecified atom stereocenters. The number of fused-ring (bicyclic) bond motifs is 1. The second-order valence-corrected chi connectivity index (χ2v) is 6.91. The van der Waals surface area contributed by atoms with Gasteiger partial charge in [-0.3, -0.25) is 0 Å². The summed E-state index contributed by atoms with van der Waals surface area (Å²) in [5.74, 6) is 2.54. The molecule has 1 aromatic carbocycles. The molecule has 27 heavy (non-hydrogen) atoms. The number of pyridine rings is 1. The third-order valence-corrected chi connectivity index (χ3v) is 4.83. The number of hydrogen-bond acceptors (Lipinski definition) is 6. The van der Waals surface area contributed by atoms with Crippen LogP contribution >= 0.6 is 0 Å². The van der Waals surface area contributed by atoms with Crippen molar-refractivity contribution in [3.05, 3.63) is 71.5 Å². The number of aromatic nitrogens is 3. The molecule has 0 aliphatic carbocycles. The zero-order valence-electron chi connectivity index (χ0n) is 15.8. The van der Waals surface area contributed by atoms with Crippen LogP contribution in [-0.2, 0) is 19.5 Å². The summed E-state index contributed by atoms with van der Waals surface area (Å²) in [7, 11) is 3.94. The van der Waals surface area contributed by atoms with Gasteiger partial charge in [0.15, 0.2) is 0 Å². The Morgan fingerprint density at radius 3 is 2.70 bits per heavy atom. The lowest BCUT2D eigenvalue weighted by Gasteiger charge is -2.31. The predicted octanol–water partition coefficient (Wildman–Crippen LogP) is 3.11. The molecular formula is C21H24N6. The van der Waals surface area contributed by atoms with Crippen LogP contribution in [0.3, 0.4) is 0 Å². The van der Waals surface area contributed by atoms with Gasteiger partial charge in [0.05, 0.1) is 0 Å². The minimum Gasteiger partial charge on any atom is -0.363 e. The molecule has 1 N–H and O–H groups in total. The summed E-state index contributed by atoms with van der Waals surface area (Å²) in [4.78, 5) is 17.8. The van der Waals surface area contributed by atoms with Crippen molar-refractivity contribution in [3.8, 4) is 0 Å². The van der Waals surface area contributed by atoms with Crippen molar-refractivity contribution in [2.75, 3.05) is 35.8 Å². The lowest BCUT2D eigenvalue weighted by atomic mass is 9.99. The van der Waals surface area contributed by atoms with E-state index in [0.717, 1.165) is 36.7 Å². The van der Waals surface area contributed by atoms with Gasteiger partial charge in [0.25, 0.3) is 0 Å². The fraction of sp³-hybridized carbons (Fsp3) is 0.286. The third kappa shape index (κ3) is 3.84. The van der Waals surface area contributed by atoms with Crippen LogP contribution < -0.4 is 15.1 Å². The maximum atomic E-state index is 4.67. The van der Waals surface area contributed by atoms with Crippen molar-refractivity contribution >= 4 is 17.6 Å². The SMILES string of the molecule is CN(C)c1ccnc(NCc2cccnc2N2CCc3ccccc3C2)n1. The maximum Gasteiger partial charge on any atom is 0.224 e. The van der Waals surface area contributed by atoms with E-state index >= 15 is 0 Å². The summed E-state index contributed by atoms with van der Waals surface area (Å²) in [5, 5.41) is 3.34. The van der Waals surface area contributed by atoms with E-state index in [0.29, 0.717) is 12.5 Å². The molecular weight excluding hydrogens is 336 g/mol. The quantitative estimate of drug-likeness (QED) is 0.754. The zero-order chi connectivity index (χ0) is 18.6. The highest BCUT2D eigenvalue weighted by molar-refractivity contribution is 5.51. The minimum absolute atomic E-state index is 0.625. The molecule has 2 aromatic heterocycles. The van der Waals surface area contributed by atoms with Gasteiger partial charge in [-0.05, 0) is 29.7 Å². The summed E-state index contributed by atoms with van der Waals surface area (Å²) in [5.41, 5.74) is 3.98. The molecule has 6 nitrogen and oxygen atoms in total. The first kappa shape index (κ1) is 17.3. The highest BCUT2D eigenvalue weighted by Gasteiger charge is 2.19. The fourth-order valence-corrected chi connectivity index (χ4v) is 3.39. The lowest BCUT2D eigenvalue weighted by Crippen LogP contribution is -2.32. The van der Waals surface area contributed by atoms with E-state index in [1.54, 1.807) is 6.20 Å². The Kier molecular flexibility index (Phi) is 4.87. The molecule has 0 amide bonds. The summed E-state index contributed by atoms with van der Waals surface area (Å²) in [6.07, 6.45) is 4.69. The average molecular weight is 360 g/mol. The number of rotatable bonds is 5. The Morgan fingerprint density at radius 2 is 1.85 bits per heavy atom. The van der Waals surface area contributed by atoms with Crippen LogP contribution in [0, 0.1) is 0 Å². The highest BCUT2D eigenvalue weighted by atomic mass is 15.2. The van der Waals surface area contributed by atoms with E-state index in [2.05, 4.69) is 55.5 Å². The molecule has 3 heterocycles. The molecule has 3 aromatic rings. The van der Waals surface area contributed by atoms with Gasteiger partial charge in [0.1, 0.15) is 11.6 Å². The molecule has 0 fully saturated rings. The minimum atomic E-state index is 0.625. The van der Waals surface area contributed by atoms with Gasteiger partial charge in [0, 0.05) is 51.7 Å². The van der Waals surface area contributed by atoms with Crippen LogP contribution in [0.15, 0.2) is 54.9 Å². The molecule has 6 heteroatoms. The van der Waals surface area contributed by atoms with Gasteiger partial charge in [-0.25, -0.2) is 9.97 Å². The van der Waals surface area contributed by atoms with Gasteiger partial charge in [-0.1, -0.05) is 30.3 Å². The summed E-state index contributed by atoms with van der Waals surface area (Å²) in [6.45, 7) is 2.51. The van der Waals surface area contributed by atoms with Crippen LogP contribution in [0.25, 0.3) is 0 Å². The van der Waals surface area contributed by atoms with Crippen molar-refractivity contribution in [3.63, 3.8) is 0 Å². The Hall–Kier alpha value is -3.15. The first-order valence-electron chi connectivity index (χ1n) is 9.20. The summed E-state index contributed by atoms with van der Waals surface area (Å²) in [6, 6.07) is 14.7. The molecule has 0 bridgehead atoms. The van der Waals surface area contributed by atoms with Crippen LogP contribution in [0.5, 0.6) is 0 Å². The van der Waals surface area contributed by atoms with Crippen LogP contribution in [-0.4, -0.2) is 35.6 Å². The van der Waals surface area contributed by atoms with Crippen molar-refractivity contribution in [2.45, 2.75) is 19.5 Å². The molecule has 1 aliphatic rings. The topological polar surface area (TPSA) is 57.2 Å². The van der Waals surface area contributed by atoms with Crippen LogP contribution in [0.1, 0.15) is 16.7 Å². The summed E-state index contributed by atoms with van der Waals surface area (Å²) < 4.78 is 0. The Labute approximate surface area is 159 Å². The van der Waals surface area contributed by atoms with Crippen LogP contribution in [0.4, 0.5) is 17.6 Å². The zero-order valence-corrected chi connectivity index (χ0v) is 15.8. The Balaban J connectivity index is 1.51. The van der Waals surface area contributed by atoms with E-state index < -0.39 is 0 Å².